The Labute approximate surface area is 120 Å². The zero-order chi connectivity index (χ0) is 15.1. The highest BCUT2D eigenvalue weighted by atomic mass is 19.1. The Morgan fingerprint density at radius 2 is 2.33 bits per heavy atom. The Morgan fingerprint density at radius 3 is 3.05 bits per heavy atom. The highest BCUT2D eigenvalue weighted by molar-refractivity contribution is 5.96. The molecule has 0 saturated carbocycles. The number of hydrogen-bond donors (Lipinski definition) is 2. The minimum absolute atomic E-state index is 0.115. The molecule has 2 rings (SSSR count). The minimum Gasteiger partial charge on any atom is -0.384 e. The smallest absolute Gasteiger partial charge is 0.252 e. The van der Waals surface area contributed by atoms with Crippen molar-refractivity contribution in [1.82, 2.24) is 15.5 Å². The molecule has 0 bridgehead atoms. The Kier molecular flexibility index (Phi) is 5.01. The molecule has 1 aromatic heterocycles. The van der Waals surface area contributed by atoms with Crippen LogP contribution in [-0.4, -0.2) is 34.3 Å². The molecule has 0 unspecified atom stereocenters. The summed E-state index contributed by atoms with van der Waals surface area (Å²) in [5, 5.41) is 14.9. The lowest BCUT2D eigenvalue weighted by atomic mass is 10.1. The first kappa shape index (κ1) is 14.7. The van der Waals surface area contributed by atoms with Gasteiger partial charge in [0.2, 0.25) is 6.39 Å². The summed E-state index contributed by atoms with van der Waals surface area (Å²) in [6, 6.07) is 3.70. The van der Waals surface area contributed by atoms with Crippen molar-refractivity contribution >= 4 is 5.91 Å². The van der Waals surface area contributed by atoms with Gasteiger partial charge in [-0.05, 0) is 18.2 Å². The molecule has 2 aromatic rings. The topological polar surface area (TPSA) is 88.3 Å². The maximum atomic E-state index is 13.3. The normalized spacial score (nSPS) is 9.81. The maximum absolute atomic E-state index is 13.3. The number of carbonyl (C=O) groups excluding carboxylic acids is 1. The van der Waals surface area contributed by atoms with E-state index in [0.29, 0.717) is 17.8 Å². The summed E-state index contributed by atoms with van der Waals surface area (Å²) in [5.74, 6) is 4.51. The number of aliphatic hydroxyl groups is 1. The SMILES string of the molecule is O=C(NCCc1ncon1)c1cc(F)ccc1C#CCO. The number of aliphatic hydroxyl groups excluding tert-OH is 1. The molecule has 2 N–H and O–H groups in total. The third-order valence-corrected chi connectivity index (χ3v) is 2.57. The number of aromatic nitrogens is 2. The van der Waals surface area contributed by atoms with E-state index in [2.05, 4.69) is 31.8 Å². The Morgan fingerprint density at radius 1 is 1.48 bits per heavy atom. The van der Waals surface area contributed by atoms with E-state index in [1.165, 1.54) is 18.5 Å². The first-order valence-corrected chi connectivity index (χ1v) is 6.13. The van der Waals surface area contributed by atoms with Crippen LogP contribution in [0.15, 0.2) is 29.1 Å². The van der Waals surface area contributed by atoms with Gasteiger partial charge in [0.15, 0.2) is 5.82 Å². The van der Waals surface area contributed by atoms with Crippen molar-refractivity contribution in [2.24, 2.45) is 0 Å². The lowest BCUT2D eigenvalue weighted by Crippen LogP contribution is -2.26. The second-order valence-electron chi connectivity index (χ2n) is 4.00. The van der Waals surface area contributed by atoms with E-state index in [0.717, 1.165) is 6.07 Å². The molecule has 1 amide bonds. The molecular weight excluding hydrogens is 277 g/mol. The van der Waals surface area contributed by atoms with E-state index < -0.39 is 11.7 Å². The Bertz CT molecular complexity index is 675. The molecule has 108 valence electrons. The van der Waals surface area contributed by atoms with Crippen LogP contribution in [0.5, 0.6) is 0 Å². The average molecular weight is 289 g/mol. The van der Waals surface area contributed by atoms with Crippen LogP contribution >= 0.6 is 0 Å². The lowest BCUT2D eigenvalue weighted by molar-refractivity contribution is 0.0953. The van der Waals surface area contributed by atoms with Crippen LogP contribution in [0.4, 0.5) is 4.39 Å². The van der Waals surface area contributed by atoms with E-state index in [4.69, 9.17) is 5.11 Å². The summed E-state index contributed by atoms with van der Waals surface area (Å²) in [6.07, 6.45) is 1.60. The predicted molar refractivity (Wildman–Crippen MR) is 70.7 cm³/mol. The Hall–Kier alpha value is -2.72. The predicted octanol–water partition coefficient (Wildman–Crippen LogP) is 0.525. The van der Waals surface area contributed by atoms with E-state index in [1.807, 2.05) is 0 Å². The first-order valence-electron chi connectivity index (χ1n) is 6.13. The number of halogens is 1. The highest BCUT2D eigenvalue weighted by Crippen LogP contribution is 2.10. The van der Waals surface area contributed by atoms with Gasteiger partial charge in [-0.15, -0.1) is 0 Å². The molecule has 7 heteroatoms. The van der Waals surface area contributed by atoms with Crippen molar-refractivity contribution in [3.8, 4) is 11.8 Å². The molecule has 21 heavy (non-hydrogen) atoms. The second-order valence-corrected chi connectivity index (χ2v) is 4.00. The van der Waals surface area contributed by atoms with Gasteiger partial charge in [-0.3, -0.25) is 4.79 Å². The fourth-order valence-corrected chi connectivity index (χ4v) is 1.63. The van der Waals surface area contributed by atoms with Gasteiger partial charge >= 0.3 is 0 Å². The molecule has 0 aliphatic rings. The minimum atomic E-state index is -0.534. The van der Waals surface area contributed by atoms with Crippen LogP contribution in [0.3, 0.4) is 0 Å². The number of nitrogens with one attached hydrogen (secondary N) is 1. The van der Waals surface area contributed by atoms with Gasteiger partial charge in [0, 0.05) is 18.5 Å². The number of rotatable bonds is 4. The van der Waals surface area contributed by atoms with Crippen molar-refractivity contribution in [2.75, 3.05) is 13.2 Å². The molecule has 0 aliphatic heterocycles. The number of nitrogens with zero attached hydrogens (tertiary/aromatic N) is 2. The summed E-state index contributed by atoms with van der Waals surface area (Å²) in [6.45, 7) is -0.0575. The number of carbonyl (C=O) groups is 1. The molecule has 6 nitrogen and oxygen atoms in total. The second kappa shape index (κ2) is 7.17. The highest BCUT2D eigenvalue weighted by Gasteiger charge is 2.11. The molecule has 0 aliphatic carbocycles. The zero-order valence-electron chi connectivity index (χ0n) is 11.0. The molecular formula is C14H12FN3O3. The van der Waals surface area contributed by atoms with E-state index in [-0.39, 0.29) is 18.7 Å². The van der Waals surface area contributed by atoms with Crippen LogP contribution in [0.2, 0.25) is 0 Å². The van der Waals surface area contributed by atoms with Gasteiger partial charge in [0.25, 0.3) is 5.91 Å². The van der Waals surface area contributed by atoms with Gasteiger partial charge in [-0.25, -0.2) is 4.39 Å². The fourth-order valence-electron chi connectivity index (χ4n) is 1.63. The molecule has 0 saturated heterocycles. The number of hydrogen-bond acceptors (Lipinski definition) is 5. The summed E-state index contributed by atoms with van der Waals surface area (Å²) in [4.78, 5) is 15.9. The zero-order valence-corrected chi connectivity index (χ0v) is 11.0. The molecule has 1 aromatic carbocycles. The Balaban J connectivity index is 2.05. The number of amides is 1. The third kappa shape index (κ3) is 4.12. The van der Waals surface area contributed by atoms with E-state index >= 15 is 0 Å². The lowest BCUT2D eigenvalue weighted by Gasteiger charge is -2.06. The van der Waals surface area contributed by atoms with Crippen LogP contribution in [0.1, 0.15) is 21.7 Å². The monoisotopic (exact) mass is 289 g/mol. The maximum Gasteiger partial charge on any atom is 0.252 e. The standard InChI is InChI=1S/C14H12FN3O3/c15-11-4-3-10(2-1-7-19)12(8-11)14(20)16-6-5-13-17-9-21-18-13/h3-4,8-9,19H,5-7H2,(H,16,20). The van der Waals surface area contributed by atoms with Gasteiger partial charge in [-0.1, -0.05) is 17.0 Å². The van der Waals surface area contributed by atoms with E-state index in [9.17, 15) is 9.18 Å². The van der Waals surface area contributed by atoms with Crippen molar-refractivity contribution in [3.05, 3.63) is 47.4 Å². The van der Waals surface area contributed by atoms with Crippen LogP contribution < -0.4 is 5.32 Å². The first-order chi connectivity index (χ1) is 10.2. The third-order valence-electron chi connectivity index (χ3n) is 2.57. The van der Waals surface area contributed by atoms with Crippen LogP contribution in [0, 0.1) is 17.7 Å². The summed E-state index contributed by atoms with van der Waals surface area (Å²) in [7, 11) is 0. The van der Waals surface area contributed by atoms with Crippen LogP contribution in [-0.2, 0) is 6.42 Å². The van der Waals surface area contributed by atoms with Crippen molar-refractivity contribution < 1.29 is 18.8 Å². The van der Waals surface area contributed by atoms with Gasteiger partial charge in [0.05, 0.1) is 5.56 Å². The van der Waals surface area contributed by atoms with Crippen LogP contribution in [0.25, 0.3) is 0 Å². The molecule has 1 heterocycles. The number of benzene rings is 1. The quantitative estimate of drug-likeness (QED) is 0.801. The summed E-state index contributed by atoms with van der Waals surface area (Å²) >= 11 is 0. The molecule has 0 fully saturated rings. The fraction of sp³-hybridized carbons (Fsp3) is 0.214. The van der Waals surface area contributed by atoms with Crippen molar-refractivity contribution in [1.29, 1.82) is 0 Å². The van der Waals surface area contributed by atoms with Gasteiger partial charge in [0.1, 0.15) is 12.4 Å². The average Bonchev–Trinajstić information content (AvgIpc) is 2.99. The molecule has 0 spiro atoms. The van der Waals surface area contributed by atoms with Crippen molar-refractivity contribution in [2.45, 2.75) is 6.42 Å². The van der Waals surface area contributed by atoms with Gasteiger partial charge in [-0.2, -0.15) is 4.98 Å². The molecule has 0 radical (unpaired) electrons. The van der Waals surface area contributed by atoms with Gasteiger partial charge < -0.3 is 14.9 Å². The summed E-state index contributed by atoms with van der Waals surface area (Å²) < 4.78 is 17.8. The largest absolute Gasteiger partial charge is 0.384 e. The van der Waals surface area contributed by atoms with Crippen molar-refractivity contribution in [3.63, 3.8) is 0 Å². The molecule has 0 atom stereocenters. The summed E-state index contributed by atoms with van der Waals surface area (Å²) in [5.41, 5.74) is 0.464. The van der Waals surface area contributed by atoms with E-state index in [1.54, 1.807) is 0 Å².